The molecule has 0 saturated heterocycles. The number of nitrogens with two attached hydrogens (primary N) is 1. The monoisotopic (exact) mass is 536 g/mol. The highest BCUT2D eigenvalue weighted by Crippen LogP contribution is 2.37. The summed E-state index contributed by atoms with van der Waals surface area (Å²) in [4.78, 5) is 6.93. The Balaban J connectivity index is 1.90. The summed E-state index contributed by atoms with van der Waals surface area (Å²) in [5.74, 6) is -3.36. The van der Waals surface area contributed by atoms with Gasteiger partial charge in [-0.3, -0.25) is 4.68 Å². The Morgan fingerprint density at radius 3 is 2.59 bits per heavy atom. The van der Waals surface area contributed by atoms with Crippen molar-refractivity contribution in [2.45, 2.75) is 11.4 Å². The van der Waals surface area contributed by atoms with Crippen LogP contribution >= 0.6 is 0 Å². The van der Waals surface area contributed by atoms with Crippen LogP contribution in [0.3, 0.4) is 0 Å². The van der Waals surface area contributed by atoms with Crippen molar-refractivity contribution in [1.29, 1.82) is 0 Å². The Labute approximate surface area is 209 Å². The van der Waals surface area contributed by atoms with Crippen LogP contribution in [-0.4, -0.2) is 48.7 Å². The molecule has 0 saturated carbocycles. The van der Waals surface area contributed by atoms with E-state index in [4.69, 9.17) is 10.5 Å². The van der Waals surface area contributed by atoms with Gasteiger partial charge in [-0.15, -0.1) is 0 Å². The summed E-state index contributed by atoms with van der Waals surface area (Å²) in [5, 5.41) is 4.26. The van der Waals surface area contributed by atoms with Crippen molar-refractivity contribution in [3.8, 4) is 22.5 Å². The zero-order valence-electron chi connectivity index (χ0n) is 19.3. The lowest BCUT2D eigenvalue weighted by atomic mass is 10.0. The van der Waals surface area contributed by atoms with Gasteiger partial charge in [-0.05, 0) is 36.4 Å². The molecule has 9 nitrogen and oxygen atoms in total. The van der Waals surface area contributed by atoms with Crippen molar-refractivity contribution < 1.29 is 30.7 Å². The normalized spacial score (nSPS) is 11.6. The highest BCUT2D eigenvalue weighted by molar-refractivity contribution is 7.92. The Hall–Kier alpha value is -4.04. The van der Waals surface area contributed by atoms with Crippen molar-refractivity contribution in [2.24, 2.45) is 0 Å². The van der Waals surface area contributed by atoms with Gasteiger partial charge in [0, 0.05) is 30.6 Å². The third-order valence-electron chi connectivity index (χ3n) is 5.24. The van der Waals surface area contributed by atoms with Crippen molar-refractivity contribution >= 4 is 21.7 Å². The molecule has 2 aromatic carbocycles. The molecule has 14 heteroatoms. The molecule has 37 heavy (non-hydrogen) atoms. The summed E-state index contributed by atoms with van der Waals surface area (Å²) in [5.41, 5.74) is 5.54. The van der Waals surface area contributed by atoms with Crippen LogP contribution in [0, 0.1) is 17.5 Å². The quantitative estimate of drug-likeness (QED) is 0.256. The standard InChI is InChI=1S/C23H20F4N6O3S/c1-36-13-33(37(34,35)20-11-14(25)5-6-17(20)26)19-4-2-3-15(21(19)27)22-16(12-32(31-22)10-8-24)18-7-9-29-23(28)30-18/h2-7,9,11-12H,8,10,13H2,1H3,(H2,28,29,30). The van der Waals surface area contributed by atoms with Crippen LogP contribution in [0.25, 0.3) is 22.5 Å². The van der Waals surface area contributed by atoms with E-state index in [-0.39, 0.29) is 35.0 Å². The SMILES string of the molecule is COCN(c1cccc(-c2nn(CCF)cc2-c2ccnc(N)n2)c1F)S(=O)(=O)c1cc(F)ccc1F. The van der Waals surface area contributed by atoms with Gasteiger partial charge in [0.1, 0.15) is 35.6 Å². The van der Waals surface area contributed by atoms with Gasteiger partial charge >= 0.3 is 0 Å². The summed E-state index contributed by atoms with van der Waals surface area (Å²) >= 11 is 0. The number of anilines is 2. The number of alkyl halides is 1. The second kappa shape index (κ2) is 10.5. The molecule has 2 heterocycles. The summed E-state index contributed by atoms with van der Waals surface area (Å²) in [6.45, 7) is -1.61. The molecule has 0 amide bonds. The lowest BCUT2D eigenvalue weighted by Crippen LogP contribution is -2.34. The summed E-state index contributed by atoms with van der Waals surface area (Å²) < 4.78 is 90.5. The van der Waals surface area contributed by atoms with E-state index in [0.717, 1.165) is 19.2 Å². The molecule has 194 valence electrons. The summed E-state index contributed by atoms with van der Waals surface area (Å²) in [7, 11) is -3.67. The number of benzene rings is 2. The highest BCUT2D eigenvalue weighted by atomic mass is 32.2. The maximum atomic E-state index is 16.0. The molecular weight excluding hydrogens is 516 g/mol. The molecule has 0 unspecified atom stereocenters. The minimum atomic E-state index is -4.82. The second-order valence-electron chi connectivity index (χ2n) is 7.63. The number of hydrogen-bond acceptors (Lipinski definition) is 7. The highest BCUT2D eigenvalue weighted by Gasteiger charge is 2.32. The fourth-order valence-corrected chi connectivity index (χ4v) is 5.06. The number of sulfonamides is 1. The molecule has 0 fully saturated rings. The number of nitrogen functional groups attached to an aromatic ring is 1. The van der Waals surface area contributed by atoms with Crippen molar-refractivity contribution in [3.05, 3.63) is 72.3 Å². The Morgan fingerprint density at radius 2 is 1.89 bits per heavy atom. The molecule has 2 N–H and O–H groups in total. The number of ether oxygens (including phenoxy) is 1. The maximum Gasteiger partial charge on any atom is 0.269 e. The Bertz CT molecular complexity index is 1550. The lowest BCUT2D eigenvalue weighted by molar-refractivity contribution is 0.209. The number of aromatic nitrogens is 4. The molecule has 2 aromatic heterocycles. The number of rotatable bonds is 9. The molecule has 0 aliphatic heterocycles. The van der Waals surface area contributed by atoms with Gasteiger partial charge in [0.15, 0.2) is 5.82 Å². The van der Waals surface area contributed by atoms with E-state index in [9.17, 15) is 21.6 Å². The largest absolute Gasteiger partial charge is 0.368 e. The number of methoxy groups -OCH3 is 1. The predicted octanol–water partition coefficient (Wildman–Crippen LogP) is 3.78. The molecule has 0 aliphatic carbocycles. The van der Waals surface area contributed by atoms with Gasteiger partial charge in [-0.1, -0.05) is 6.07 Å². The molecule has 0 spiro atoms. The van der Waals surface area contributed by atoms with Crippen LogP contribution < -0.4 is 10.0 Å². The van der Waals surface area contributed by atoms with E-state index < -0.39 is 51.5 Å². The van der Waals surface area contributed by atoms with Crippen molar-refractivity contribution in [2.75, 3.05) is 30.6 Å². The van der Waals surface area contributed by atoms with E-state index in [2.05, 4.69) is 15.1 Å². The van der Waals surface area contributed by atoms with Crippen LogP contribution in [0.15, 0.2) is 59.8 Å². The number of aryl methyl sites for hydroxylation is 1. The van der Waals surface area contributed by atoms with Gasteiger partial charge in [0.2, 0.25) is 5.95 Å². The number of halogens is 4. The van der Waals surface area contributed by atoms with Gasteiger partial charge in [-0.2, -0.15) is 5.10 Å². The van der Waals surface area contributed by atoms with E-state index in [1.807, 2.05) is 0 Å². The van der Waals surface area contributed by atoms with Crippen LogP contribution in [-0.2, 0) is 21.3 Å². The Kier molecular flexibility index (Phi) is 7.40. The first kappa shape index (κ1) is 26.0. The zero-order valence-corrected chi connectivity index (χ0v) is 20.1. The maximum absolute atomic E-state index is 16.0. The summed E-state index contributed by atoms with van der Waals surface area (Å²) in [6, 6.07) is 7.20. The first-order valence-electron chi connectivity index (χ1n) is 10.6. The van der Waals surface area contributed by atoms with E-state index in [1.165, 1.54) is 35.3 Å². The van der Waals surface area contributed by atoms with Crippen LogP contribution in [0.5, 0.6) is 0 Å². The smallest absolute Gasteiger partial charge is 0.269 e. The van der Waals surface area contributed by atoms with Gasteiger partial charge < -0.3 is 10.5 Å². The fourth-order valence-electron chi connectivity index (χ4n) is 3.61. The summed E-state index contributed by atoms with van der Waals surface area (Å²) in [6.07, 6.45) is 2.82. The van der Waals surface area contributed by atoms with Crippen LogP contribution in [0.1, 0.15) is 0 Å². The van der Waals surface area contributed by atoms with Gasteiger partial charge in [-0.25, -0.2) is 40.3 Å². The van der Waals surface area contributed by atoms with Crippen molar-refractivity contribution in [1.82, 2.24) is 19.7 Å². The molecule has 0 bridgehead atoms. The molecular formula is C23H20F4N6O3S. The van der Waals surface area contributed by atoms with E-state index >= 15 is 4.39 Å². The van der Waals surface area contributed by atoms with E-state index in [0.29, 0.717) is 16.4 Å². The minimum Gasteiger partial charge on any atom is -0.368 e. The van der Waals surface area contributed by atoms with Crippen LogP contribution in [0.2, 0.25) is 0 Å². The molecule has 0 radical (unpaired) electrons. The molecule has 0 atom stereocenters. The third-order valence-corrected chi connectivity index (χ3v) is 6.99. The third kappa shape index (κ3) is 5.11. The lowest BCUT2D eigenvalue weighted by Gasteiger charge is -2.25. The topological polar surface area (TPSA) is 116 Å². The minimum absolute atomic E-state index is 0.0117. The Morgan fingerprint density at radius 1 is 1.11 bits per heavy atom. The fraction of sp³-hybridized carbons (Fsp3) is 0.174. The van der Waals surface area contributed by atoms with E-state index in [1.54, 1.807) is 0 Å². The first-order chi connectivity index (χ1) is 17.7. The average molecular weight is 537 g/mol. The predicted molar refractivity (Wildman–Crippen MR) is 127 cm³/mol. The van der Waals surface area contributed by atoms with Crippen LogP contribution in [0.4, 0.5) is 29.2 Å². The molecule has 0 aliphatic rings. The molecule has 4 aromatic rings. The zero-order chi connectivity index (χ0) is 26.7. The number of hydrogen-bond donors (Lipinski definition) is 1. The average Bonchev–Trinajstić information content (AvgIpc) is 3.28. The first-order valence-corrected chi connectivity index (χ1v) is 12.1. The van der Waals surface area contributed by atoms with Crippen molar-refractivity contribution in [3.63, 3.8) is 0 Å². The molecule has 4 rings (SSSR count). The second-order valence-corrected chi connectivity index (χ2v) is 9.46. The van der Waals surface area contributed by atoms with Gasteiger partial charge in [0.05, 0.1) is 17.9 Å². The van der Waals surface area contributed by atoms with Gasteiger partial charge in [0.25, 0.3) is 10.0 Å². The number of nitrogens with zero attached hydrogens (tertiary/aromatic N) is 5.